The molecule has 0 bridgehead atoms. The molecule has 0 unspecified atom stereocenters. The molecule has 26 heavy (non-hydrogen) atoms. The zero-order valence-electron chi connectivity index (χ0n) is 12.7. The summed E-state index contributed by atoms with van der Waals surface area (Å²) in [5, 5.41) is -0.172. The van der Waals surface area contributed by atoms with E-state index in [4.69, 9.17) is 23.2 Å². The Morgan fingerprint density at radius 3 is 2.50 bits per heavy atom. The molecule has 0 aliphatic carbocycles. The highest BCUT2D eigenvalue weighted by molar-refractivity contribution is 6.37. The number of halogens is 6. The minimum absolute atomic E-state index is 0.00680. The molecule has 1 aliphatic heterocycles. The van der Waals surface area contributed by atoms with Crippen molar-refractivity contribution in [2.24, 2.45) is 0 Å². The molecule has 5 nitrogen and oxygen atoms in total. The number of esters is 1. The summed E-state index contributed by atoms with van der Waals surface area (Å²) in [6.07, 6.45) is -8.80. The van der Waals surface area contributed by atoms with Crippen molar-refractivity contribution in [1.29, 1.82) is 0 Å². The smallest absolute Gasteiger partial charge is 0.464 e. The van der Waals surface area contributed by atoms with Gasteiger partial charge < -0.3 is 9.47 Å². The average Bonchev–Trinajstić information content (AvgIpc) is 2.52. The van der Waals surface area contributed by atoms with Gasteiger partial charge in [0.2, 0.25) is 0 Å². The first-order valence-corrected chi connectivity index (χ1v) is 7.54. The number of nitrogens with zero attached hydrogens (tertiary/aromatic N) is 1. The number of rotatable bonds is 2. The van der Waals surface area contributed by atoms with Gasteiger partial charge in [0.25, 0.3) is 0 Å². The van der Waals surface area contributed by atoms with Crippen molar-refractivity contribution in [3.05, 3.63) is 45.6 Å². The van der Waals surface area contributed by atoms with Gasteiger partial charge in [-0.1, -0.05) is 23.2 Å². The summed E-state index contributed by atoms with van der Waals surface area (Å²) < 4.78 is 65.9. The fourth-order valence-corrected chi connectivity index (χ4v) is 2.80. The number of hydrogen-bond acceptors (Lipinski definition) is 5. The van der Waals surface area contributed by atoms with Crippen molar-refractivity contribution in [2.75, 3.05) is 7.11 Å². The Kier molecular flexibility index (Phi) is 4.50. The number of methoxy groups -OCH3 is 1. The third-order valence-corrected chi connectivity index (χ3v) is 3.93. The first-order valence-electron chi connectivity index (χ1n) is 6.78. The van der Waals surface area contributed by atoms with Gasteiger partial charge in [-0.15, -0.1) is 8.78 Å². The largest absolute Gasteiger partial charge is 0.540 e. The van der Waals surface area contributed by atoms with Gasteiger partial charge in [-0.05, 0) is 24.3 Å². The number of benzene rings is 1. The van der Waals surface area contributed by atoms with E-state index in [1.54, 1.807) is 0 Å². The normalized spacial score (nSPS) is 17.2. The van der Waals surface area contributed by atoms with E-state index in [-0.39, 0.29) is 27.0 Å². The van der Waals surface area contributed by atoms with E-state index in [1.165, 1.54) is 12.1 Å². The van der Waals surface area contributed by atoms with Crippen LogP contribution in [0.1, 0.15) is 16.1 Å². The van der Waals surface area contributed by atoms with Gasteiger partial charge in [0, 0.05) is 5.56 Å². The van der Waals surface area contributed by atoms with Crippen molar-refractivity contribution in [2.45, 2.75) is 12.4 Å². The lowest BCUT2D eigenvalue weighted by Crippen LogP contribution is -2.41. The minimum atomic E-state index is -4.48. The SMILES string of the molecule is COC(=O)c1nc(-c2ccc3c(c2)C(F)(F)OC(F)(F)O3)c(Cl)cc1Cl. The molecule has 0 saturated carbocycles. The van der Waals surface area contributed by atoms with Gasteiger partial charge in [-0.2, -0.15) is 8.78 Å². The predicted octanol–water partition coefficient (Wildman–Crippen LogP) is 4.85. The lowest BCUT2D eigenvalue weighted by atomic mass is 10.0. The molecule has 0 radical (unpaired) electrons. The van der Waals surface area contributed by atoms with Crippen molar-refractivity contribution < 1.29 is 36.6 Å². The molecular weight excluding hydrogens is 405 g/mol. The minimum Gasteiger partial charge on any atom is -0.464 e. The van der Waals surface area contributed by atoms with Crippen LogP contribution in [-0.4, -0.2) is 24.4 Å². The molecule has 0 N–H and O–H groups in total. The number of alkyl halides is 4. The standard InChI is InChI=1S/C15H7Cl2F4NO4/c1-24-13(23)12-9(17)5-8(16)11(22-12)6-2-3-10-7(4-6)14(18,19)26-15(20,21)25-10/h2-5H,1H3. The zero-order valence-corrected chi connectivity index (χ0v) is 14.2. The molecule has 138 valence electrons. The number of aromatic nitrogens is 1. The molecule has 0 saturated heterocycles. The average molecular weight is 412 g/mol. The number of hydrogen-bond donors (Lipinski definition) is 0. The Balaban J connectivity index is 2.14. The van der Waals surface area contributed by atoms with E-state index >= 15 is 0 Å². The quantitative estimate of drug-likeness (QED) is 0.522. The van der Waals surface area contributed by atoms with Crippen LogP contribution in [0.15, 0.2) is 24.3 Å². The fraction of sp³-hybridized carbons (Fsp3) is 0.200. The molecular formula is C15H7Cl2F4NO4. The van der Waals surface area contributed by atoms with E-state index in [0.29, 0.717) is 0 Å². The third-order valence-electron chi connectivity index (χ3n) is 3.35. The second-order valence-corrected chi connectivity index (χ2v) is 5.85. The summed E-state index contributed by atoms with van der Waals surface area (Å²) in [6, 6.07) is 4.04. The van der Waals surface area contributed by atoms with Crippen LogP contribution in [0, 0.1) is 0 Å². The van der Waals surface area contributed by atoms with Gasteiger partial charge >= 0.3 is 18.4 Å². The summed E-state index contributed by atoms with van der Waals surface area (Å²) in [4.78, 5) is 15.6. The zero-order chi connectivity index (χ0) is 19.3. The van der Waals surface area contributed by atoms with Crippen LogP contribution in [0.25, 0.3) is 11.3 Å². The summed E-state index contributed by atoms with van der Waals surface area (Å²) >= 11 is 11.9. The van der Waals surface area contributed by atoms with Crippen LogP contribution in [0.2, 0.25) is 10.0 Å². The molecule has 2 aromatic rings. The monoisotopic (exact) mass is 411 g/mol. The molecule has 1 aromatic carbocycles. The van der Waals surface area contributed by atoms with E-state index in [9.17, 15) is 22.4 Å². The Morgan fingerprint density at radius 2 is 1.85 bits per heavy atom. The van der Waals surface area contributed by atoms with Crippen LogP contribution >= 0.6 is 23.2 Å². The number of carbonyl (C=O) groups is 1. The summed E-state index contributed by atoms with van der Waals surface area (Å²) in [6.45, 7) is 0. The first-order chi connectivity index (χ1) is 12.0. The Bertz CT molecular complexity index is 907. The summed E-state index contributed by atoms with van der Waals surface area (Å²) in [7, 11) is 1.10. The van der Waals surface area contributed by atoms with Gasteiger partial charge in [0.1, 0.15) is 5.75 Å². The van der Waals surface area contributed by atoms with Crippen LogP contribution in [0.4, 0.5) is 17.6 Å². The second kappa shape index (κ2) is 6.26. The maximum atomic E-state index is 13.9. The number of pyridine rings is 1. The van der Waals surface area contributed by atoms with Crippen molar-refractivity contribution in [3.63, 3.8) is 0 Å². The predicted molar refractivity (Wildman–Crippen MR) is 81.6 cm³/mol. The van der Waals surface area contributed by atoms with Crippen LogP contribution in [0.5, 0.6) is 5.75 Å². The summed E-state index contributed by atoms with van der Waals surface area (Å²) in [5.74, 6) is -1.64. The maximum Gasteiger partial charge on any atom is 0.540 e. The van der Waals surface area contributed by atoms with Gasteiger partial charge in [0.05, 0.1) is 28.4 Å². The van der Waals surface area contributed by atoms with E-state index in [2.05, 4.69) is 19.2 Å². The number of carbonyl (C=O) groups excluding carboxylic acids is 1. The summed E-state index contributed by atoms with van der Waals surface area (Å²) in [5.41, 5.74) is -1.34. The third kappa shape index (κ3) is 3.29. The lowest BCUT2D eigenvalue weighted by Gasteiger charge is -2.30. The number of ether oxygens (including phenoxy) is 3. The van der Waals surface area contributed by atoms with Gasteiger partial charge in [-0.25, -0.2) is 14.5 Å². The lowest BCUT2D eigenvalue weighted by molar-refractivity contribution is -0.461. The van der Waals surface area contributed by atoms with Crippen LogP contribution in [0.3, 0.4) is 0 Å². The van der Waals surface area contributed by atoms with E-state index in [0.717, 1.165) is 19.2 Å². The van der Waals surface area contributed by atoms with E-state index in [1.807, 2.05) is 0 Å². The molecule has 1 aliphatic rings. The maximum absolute atomic E-state index is 13.9. The first kappa shape index (κ1) is 18.7. The topological polar surface area (TPSA) is 57.7 Å². The molecule has 0 spiro atoms. The van der Waals surface area contributed by atoms with Gasteiger partial charge in [0.15, 0.2) is 5.69 Å². The highest BCUT2D eigenvalue weighted by Crippen LogP contribution is 2.47. The van der Waals surface area contributed by atoms with Crippen molar-refractivity contribution >= 4 is 29.2 Å². The van der Waals surface area contributed by atoms with Crippen molar-refractivity contribution in [3.8, 4) is 17.0 Å². The molecule has 1 aromatic heterocycles. The van der Waals surface area contributed by atoms with Crippen molar-refractivity contribution in [1.82, 2.24) is 4.98 Å². The van der Waals surface area contributed by atoms with Crippen LogP contribution in [-0.2, 0) is 15.6 Å². The Hall–Kier alpha value is -2.10. The Morgan fingerprint density at radius 1 is 1.15 bits per heavy atom. The highest BCUT2D eigenvalue weighted by atomic mass is 35.5. The van der Waals surface area contributed by atoms with Crippen LogP contribution < -0.4 is 4.74 Å². The Labute approximate surface area is 153 Å². The highest BCUT2D eigenvalue weighted by Gasteiger charge is 2.54. The molecule has 0 atom stereocenters. The van der Waals surface area contributed by atoms with E-state index < -0.39 is 29.7 Å². The molecule has 3 rings (SSSR count). The second-order valence-electron chi connectivity index (χ2n) is 5.04. The fourth-order valence-electron chi connectivity index (χ4n) is 2.26. The molecule has 2 heterocycles. The molecule has 0 amide bonds. The molecule has 11 heteroatoms. The molecule has 0 fully saturated rings. The number of fused-ring (bicyclic) bond motifs is 1. The van der Waals surface area contributed by atoms with Gasteiger partial charge in [-0.3, -0.25) is 0 Å².